The summed E-state index contributed by atoms with van der Waals surface area (Å²) in [5, 5.41) is 9.46. The minimum atomic E-state index is -2.13. The lowest BCUT2D eigenvalue weighted by molar-refractivity contribution is -0.136. The highest BCUT2D eigenvalue weighted by Gasteiger charge is 2.40. The number of hydrogen-bond acceptors (Lipinski definition) is 4. The summed E-state index contributed by atoms with van der Waals surface area (Å²) in [6.07, 6.45) is 0. The quantitative estimate of drug-likeness (QED) is 0.680. The smallest absolute Gasteiger partial charge is 0.323 e. The van der Waals surface area contributed by atoms with E-state index < -0.39 is 26.9 Å². The number of carbonyl (C=O) groups excluding carboxylic acids is 1. The summed E-state index contributed by atoms with van der Waals surface area (Å²) >= 11 is 0. The number of rotatable bonds is 6. The van der Waals surface area contributed by atoms with E-state index in [-0.39, 0.29) is 17.6 Å². The molecule has 1 amide bonds. The van der Waals surface area contributed by atoms with Crippen LogP contribution in [-0.4, -0.2) is 50.2 Å². The predicted molar refractivity (Wildman–Crippen MR) is 125 cm³/mol. The normalized spacial score (nSPS) is 17.1. The summed E-state index contributed by atoms with van der Waals surface area (Å²) in [6.45, 7) is 10.4. The van der Waals surface area contributed by atoms with Gasteiger partial charge in [-0.25, -0.2) is 0 Å². The molecule has 2 aromatic rings. The first-order valence-electron chi connectivity index (χ1n) is 10.4. The average molecular weight is 439 g/mol. The van der Waals surface area contributed by atoms with Gasteiger partial charge in [-0.2, -0.15) is 0 Å². The van der Waals surface area contributed by atoms with Gasteiger partial charge in [0.2, 0.25) is 0 Å². The first-order valence-corrected chi connectivity index (χ1v) is 13.3. The molecule has 2 aromatic carbocycles. The summed E-state index contributed by atoms with van der Waals surface area (Å²) < 4.78 is 6.33. The molecule has 3 rings (SSSR count). The van der Waals surface area contributed by atoms with Gasteiger partial charge in [-0.1, -0.05) is 69.3 Å². The van der Waals surface area contributed by atoms with Gasteiger partial charge in [0.25, 0.3) is 5.91 Å². The van der Waals surface area contributed by atoms with Crippen molar-refractivity contribution in [3.63, 3.8) is 0 Å². The Hall–Kier alpha value is -2.77. The number of aliphatic carboxylic acids is 1. The molecule has 6 nitrogen and oxygen atoms in total. The van der Waals surface area contributed by atoms with Gasteiger partial charge in [0.15, 0.2) is 14.4 Å². The van der Waals surface area contributed by atoms with Crippen molar-refractivity contribution in [2.45, 2.75) is 44.9 Å². The van der Waals surface area contributed by atoms with Gasteiger partial charge in [-0.3, -0.25) is 19.5 Å². The Morgan fingerprint density at radius 1 is 1.10 bits per heavy atom. The topological polar surface area (TPSA) is 79.2 Å². The molecule has 0 saturated heterocycles. The molecule has 0 unspecified atom stereocenters. The number of para-hydroxylation sites is 1. The van der Waals surface area contributed by atoms with Gasteiger partial charge >= 0.3 is 5.97 Å². The van der Waals surface area contributed by atoms with E-state index in [9.17, 15) is 14.7 Å². The lowest BCUT2D eigenvalue weighted by atomic mass is 10.0. The van der Waals surface area contributed by atoms with Crippen LogP contribution < -0.4 is 4.90 Å². The zero-order chi connectivity index (χ0) is 22.8. The highest BCUT2D eigenvalue weighted by Crippen LogP contribution is 2.37. The lowest BCUT2D eigenvalue weighted by Crippen LogP contribution is -2.47. The average Bonchev–Trinajstić information content (AvgIpc) is 2.82. The maximum absolute atomic E-state index is 13.5. The van der Waals surface area contributed by atoms with Crippen LogP contribution >= 0.6 is 0 Å². The number of anilines is 1. The number of carboxylic acids is 1. The molecule has 0 aromatic heterocycles. The van der Waals surface area contributed by atoms with Crippen molar-refractivity contribution in [1.29, 1.82) is 0 Å². The number of carbonyl (C=O) groups is 2. The fourth-order valence-corrected chi connectivity index (χ4v) is 4.23. The third kappa shape index (κ3) is 4.94. The Morgan fingerprint density at radius 2 is 1.71 bits per heavy atom. The molecular formula is C24H30N2O4Si. The molecule has 0 spiro atoms. The van der Waals surface area contributed by atoms with Crippen molar-refractivity contribution in [3.8, 4) is 0 Å². The van der Waals surface area contributed by atoms with Crippen LogP contribution in [0, 0.1) is 0 Å². The summed E-state index contributed by atoms with van der Waals surface area (Å²) in [4.78, 5) is 31.2. The second kappa shape index (κ2) is 8.76. The molecule has 1 heterocycles. The van der Waals surface area contributed by atoms with Crippen LogP contribution in [0.4, 0.5) is 5.69 Å². The van der Waals surface area contributed by atoms with Gasteiger partial charge in [0.05, 0.1) is 18.0 Å². The van der Waals surface area contributed by atoms with E-state index in [4.69, 9.17) is 9.42 Å². The lowest BCUT2D eigenvalue weighted by Gasteiger charge is -2.37. The van der Waals surface area contributed by atoms with E-state index in [1.165, 1.54) is 4.90 Å². The van der Waals surface area contributed by atoms with Crippen molar-refractivity contribution in [1.82, 2.24) is 0 Å². The van der Waals surface area contributed by atoms with Crippen LogP contribution in [0.2, 0.25) is 18.1 Å². The van der Waals surface area contributed by atoms with Crippen LogP contribution in [0.3, 0.4) is 0 Å². The first-order chi connectivity index (χ1) is 14.5. The molecule has 31 heavy (non-hydrogen) atoms. The Bertz CT molecular complexity index is 996. The van der Waals surface area contributed by atoms with Gasteiger partial charge in [0, 0.05) is 11.1 Å². The molecule has 0 radical (unpaired) electrons. The van der Waals surface area contributed by atoms with Crippen LogP contribution in [-0.2, 0) is 14.0 Å². The van der Waals surface area contributed by atoms with Crippen molar-refractivity contribution in [2.24, 2.45) is 4.99 Å². The van der Waals surface area contributed by atoms with Crippen LogP contribution in [0.25, 0.3) is 0 Å². The highest BCUT2D eigenvalue weighted by molar-refractivity contribution is 6.74. The van der Waals surface area contributed by atoms with E-state index >= 15 is 0 Å². The van der Waals surface area contributed by atoms with Gasteiger partial charge < -0.3 is 9.53 Å². The van der Waals surface area contributed by atoms with E-state index in [1.54, 1.807) is 12.1 Å². The standard InChI is InChI=1S/C24H30N2O4Si/c1-24(2,3)31(4,5)30-16-19-23(29)26(15-21(27)28)20-14-10-9-13-18(20)22(25-19)17-11-7-6-8-12-17/h6-14,19H,15-16H2,1-5H3,(H,27,28)/t19-/m1/s1. The van der Waals surface area contributed by atoms with Crippen LogP contribution in [0.5, 0.6) is 0 Å². The maximum Gasteiger partial charge on any atom is 0.323 e. The molecule has 1 aliphatic heterocycles. The SMILES string of the molecule is CC(C)(C)[Si](C)(C)OC[C@H]1N=C(c2ccccc2)c2ccccc2N(CC(=O)O)C1=O. The minimum Gasteiger partial charge on any atom is -0.480 e. The van der Waals surface area contributed by atoms with Crippen molar-refractivity contribution in [3.05, 3.63) is 65.7 Å². The fourth-order valence-electron chi connectivity index (χ4n) is 3.23. The largest absolute Gasteiger partial charge is 0.480 e. The number of carboxylic acid groups (broad SMARTS) is 1. The highest BCUT2D eigenvalue weighted by atomic mass is 28.4. The van der Waals surface area contributed by atoms with Gasteiger partial charge in [-0.15, -0.1) is 0 Å². The number of fused-ring (bicyclic) bond motifs is 1. The van der Waals surface area contributed by atoms with Crippen LogP contribution in [0.15, 0.2) is 59.6 Å². The number of benzodiazepines with no additional fused rings is 1. The van der Waals surface area contributed by atoms with E-state index in [2.05, 4.69) is 33.9 Å². The second-order valence-corrected chi connectivity index (χ2v) is 14.1. The van der Waals surface area contributed by atoms with Crippen molar-refractivity contribution in [2.75, 3.05) is 18.1 Å². The molecule has 1 aliphatic rings. The van der Waals surface area contributed by atoms with Gasteiger partial charge in [0.1, 0.15) is 6.54 Å². The minimum absolute atomic E-state index is 0.0174. The predicted octanol–water partition coefficient (Wildman–Crippen LogP) is 4.35. The first kappa shape index (κ1) is 22.9. The van der Waals surface area contributed by atoms with Gasteiger partial charge in [-0.05, 0) is 24.2 Å². The number of aliphatic imine (C=N–C) groups is 1. The number of amides is 1. The summed E-state index contributed by atoms with van der Waals surface area (Å²) in [7, 11) is -2.13. The third-order valence-corrected chi connectivity index (χ3v) is 10.5. The number of benzene rings is 2. The van der Waals surface area contributed by atoms with Crippen LogP contribution in [0.1, 0.15) is 31.9 Å². The summed E-state index contributed by atoms with van der Waals surface area (Å²) in [6, 6.07) is 16.1. The Kier molecular flexibility index (Phi) is 6.47. The Labute approximate surface area is 184 Å². The molecule has 0 bridgehead atoms. The van der Waals surface area contributed by atoms with Crippen molar-refractivity contribution >= 4 is 31.6 Å². The fraction of sp³-hybridized carbons (Fsp3) is 0.375. The Morgan fingerprint density at radius 3 is 2.32 bits per heavy atom. The number of hydrogen-bond donors (Lipinski definition) is 1. The number of nitrogens with zero attached hydrogens (tertiary/aromatic N) is 2. The molecule has 1 N–H and O–H groups in total. The summed E-state index contributed by atoms with van der Waals surface area (Å²) in [5.41, 5.74) is 2.82. The monoisotopic (exact) mass is 438 g/mol. The molecule has 0 fully saturated rings. The molecule has 7 heteroatoms. The maximum atomic E-state index is 13.5. The van der Waals surface area contributed by atoms with E-state index in [0.29, 0.717) is 11.4 Å². The van der Waals surface area contributed by atoms with E-state index in [0.717, 1.165) is 11.1 Å². The molecular weight excluding hydrogens is 408 g/mol. The molecule has 164 valence electrons. The molecule has 0 saturated carbocycles. The van der Waals surface area contributed by atoms with E-state index in [1.807, 2.05) is 42.5 Å². The molecule has 1 atom stereocenters. The summed E-state index contributed by atoms with van der Waals surface area (Å²) in [5.74, 6) is -1.44. The second-order valence-electron chi connectivity index (χ2n) is 9.27. The zero-order valence-corrected chi connectivity index (χ0v) is 19.8. The zero-order valence-electron chi connectivity index (χ0n) is 18.8. The van der Waals surface area contributed by atoms with Crippen molar-refractivity contribution < 1.29 is 19.1 Å². The molecule has 0 aliphatic carbocycles. The Balaban J connectivity index is 2.10. The third-order valence-electron chi connectivity index (χ3n) is 6.03.